The first kappa shape index (κ1) is 20.9. The fourth-order valence-electron chi connectivity index (χ4n) is 2.04. The standard InChI is InChI=1S/C19H30N2O3SSi/c1-18(2,3)24-17(22)21-16-20-15-13(10-9-11-14(15)25-16)12-23-26(7,8)19(4,5)6/h9-11H,12H2,1-8H3,(H,20,21,22). The molecule has 0 radical (unpaired) electrons. The van der Waals surface area contributed by atoms with Gasteiger partial charge in [0.15, 0.2) is 13.4 Å². The second-order valence-corrected chi connectivity index (χ2v) is 14.8. The van der Waals surface area contributed by atoms with Crippen molar-refractivity contribution in [2.24, 2.45) is 0 Å². The Morgan fingerprint density at radius 1 is 1.19 bits per heavy atom. The number of para-hydroxylation sites is 1. The largest absolute Gasteiger partial charge is 0.444 e. The predicted octanol–water partition coefficient (Wildman–Crippen LogP) is 6.17. The molecule has 0 saturated carbocycles. The molecule has 0 fully saturated rings. The Morgan fingerprint density at radius 3 is 2.42 bits per heavy atom. The van der Waals surface area contributed by atoms with Crippen molar-refractivity contribution in [3.63, 3.8) is 0 Å². The van der Waals surface area contributed by atoms with E-state index in [0.717, 1.165) is 15.8 Å². The van der Waals surface area contributed by atoms with E-state index in [1.165, 1.54) is 11.3 Å². The van der Waals surface area contributed by atoms with E-state index in [1.54, 1.807) is 0 Å². The zero-order valence-corrected chi connectivity index (χ0v) is 18.8. The summed E-state index contributed by atoms with van der Waals surface area (Å²) >= 11 is 1.44. The SMILES string of the molecule is CC(C)(C)OC(=O)Nc1nc2c(CO[Si](C)(C)C(C)(C)C)cccc2s1. The molecule has 1 amide bonds. The number of anilines is 1. The molecule has 7 heteroatoms. The van der Waals surface area contributed by atoms with Crippen molar-refractivity contribution in [1.29, 1.82) is 0 Å². The van der Waals surface area contributed by atoms with Crippen LogP contribution in [0.1, 0.15) is 47.1 Å². The summed E-state index contributed by atoms with van der Waals surface area (Å²) < 4.78 is 12.7. The number of rotatable bonds is 4. The number of benzene rings is 1. The van der Waals surface area contributed by atoms with E-state index < -0.39 is 20.0 Å². The fourth-order valence-corrected chi connectivity index (χ4v) is 3.89. The van der Waals surface area contributed by atoms with Crippen LogP contribution in [0.15, 0.2) is 18.2 Å². The summed E-state index contributed by atoms with van der Waals surface area (Å²) in [5.74, 6) is 0. The lowest BCUT2D eigenvalue weighted by Crippen LogP contribution is -2.40. The Balaban J connectivity index is 2.18. The summed E-state index contributed by atoms with van der Waals surface area (Å²) in [6.45, 7) is 17.2. The van der Waals surface area contributed by atoms with E-state index in [4.69, 9.17) is 9.16 Å². The van der Waals surface area contributed by atoms with Crippen LogP contribution in [0.5, 0.6) is 0 Å². The minimum atomic E-state index is -1.84. The molecule has 0 atom stereocenters. The first-order valence-electron chi connectivity index (χ1n) is 8.81. The second-order valence-electron chi connectivity index (χ2n) is 8.96. The van der Waals surface area contributed by atoms with E-state index in [0.29, 0.717) is 11.7 Å². The molecule has 1 aromatic heterocycles. The third kappa shape index (κ3) is 5.28. The van der Waals surface area contributed by atoms with Crippen LogP contribution < -0.4 is 5.32 Å². The molecule has 26 heavy (non-hydrogen) atoms. The lowest BCUT2D eigenvalue weighted by molar-refractivity contribution is 0.0636. The molecular weight excluding hydrogens is 364 g/mol. The zero-order chi connectivity index (χ0) is 19.8. The number of amides is 1. The first-order chi connectivity index (χ1) is 11.8. The Morgan fingerprint density at radius 2 is 1.85 bits per heavy atom. The fraction of sp³-hybridized carbons (Fsp3) is 0.579. The van der Waals surface area contributed by atoms with Gasteiger partial charge in [-0.25, -0.2) is 9.78 Å². The van der Waals surface area contributed by atoms with Crippen LogP contribution in [0.4, 0.5) is 9.93 Å². The van der Waals surface area contributed by atoms with Crippen molar-refractivity contribution in [1.82, 2.24) is 4.98 Å². The Bertz CT molecular complexity index is 788. The van der Waals surface area contributed by atoms with Gasteiger partial charge < -0.3 is 9.16 Å². The maximum absolute atomic E-state index is 12.0. The van der Waals surface area contributed by atoms with Gasteiger partial charge >= 0.3 is 6.09 Å². The van der Waals surface area contributed by atoms with Gasteiger partial charge in [0.2, 0.25) is 0 Å². The topological polar surface area (TPSA) is 60.5 Å². The van der Waals surface area contributed by atoms with Crippen LogP contribution in [0.25, 0.3) is 10.2 Å². The minimum Gasteiger partial charge on any atom is -0.444 e. The first-order valence-corrected chi connectivity index (χ1v) is 12.5. The van der Waals surface area contributed by atoms with Gasteiger partial charge in [0.1, 0.15) is 5.60 Å². The molecule has 1 aromatic carbocycles. The van der Waals surface area contributed by atoms with Crippen molar-refractivity contribution < 1.29 is 14.0 Å². The van der Waals surface area contributed by atoms with E-state index in [2.05, 4.69) is 44.2 Å². The summed E-state index contributed by atoms with van der Waals surface area (Å²) in [6, 6.07) is 6.04. The summed E-state index contributed by atoms with van der Waals surface area (Å²) in [5, 5.41) is 3.42. The van der Waals surface area contributed by atoms with Crippen LogP contribution in [0.2, 0.25) is 18.1 Å². The van der Waals surface area contributed by atoms with Crippen LogP contribution in [0.3, 0.4) is 0 Å². The normalized spacial score (nSPS) is 13.1. The van der Waals surface area contributed by atoms with E-state index >= 15 is 0 Å². The number of hydrogen-bond acceptors (Lipinski definition) is 5. The van der Waals surface area contributed by atoms with Crippen molar-refractivity contribution in [2.75, 3.05) is 5.32 Å². The van der Waals surface area contributed by atoms with Crippen LogP contribution in [-0.2, 0) is 15.8 Å². The maximum atomic E-state index is 12.0. The van der Waals surface area contributed by atoms with Gasteiger partial charge in [-0.15, -0.1) is 0 Å². The van der Waals surface area contributed by atoms with Gasteiger partial charge in [-0.05, 0) is 45.0 Å². The van der Waals surface area contributed by atoms with Gasteiger partial charge in [-0.3, -0.25) is 5.32 Å². The summed E-state index contributed by atoms with van der Waals surface area (Å²) in [7, 11) is -1.84. The smallest absolute Gasteiger partial charge is 0.413 e. The Labute approximate surface area is 161 Å². The van der Waals surface area contributed by atoms with Gasteiger partial charge in [-0.2, -0.15) is 0 Å². The Hall–Kier alpha value is -1.44. The number of fused-ring (bicyclic) bond motifs is 1. The van der Waals surface area contributed by atoms with Crippen molar-refractivity contribution in [3.8, 4) is 0 Å². The van der Waals surface area contributed by atoms with E-state index in [9.17, 15) is 4.79 Å². The summed E-state index contributed by atoms with van der Waals surface area (Å²) in [4.78, 5) is 16.6. The van der Waals surface area contributed by atoms with Gasteiger partial charge in [0, 0.05) is 5.56 Å². The lowest BCUT2D eigenvalue weighted by atomic mass is 10.2. The average Bonchev–Trinajstić information content (AvgIpc) is 2.84. The number of carbonyl (C=O) groups excluding carboxylic acids is 1. The van der Waals surface area contributed by atoms with Crippen molar-refractivity contribution in [2.45, 2.75) is 71.9 Å². The van der Waals surface area contributed by atoms with Gasteiger partial charge in [-0.1, -0.05) is 44.2 Å². The number of hydrogen-bond donors (Lipinski definition) is 1. The molecule has 0 aliphatic rings. The molecule has 0 bridgehead atoms. The molecule has 0 aliphatic carbocycles. The highest BCUT2D eigenvalue weighted by Crippen LogP contribution is 2.37. The third-order valence-electron chi connectivity index (χ3n) is 4.51. The molecule has 1 N–H and O–H groups in total. The number of ether oxygens (including phenoxy) is 1. The zero-order valence-electron chi connectivity index (χ0n) is 17.0. The molecule has 5 nitrogen and oxygen atoms in total. The highest BCUT2D eigenvalue weighted by molar-refractivity contribution is 7.22. The van der Waals surface area contributed by atoms with Crippen molar-refractivity contribution >= 4 is 41.1 Å². The molecule has 2 rings (SSSR count). The summed E-state index contributed by atoms with van der Waals surface area (Å²) in [6.07, 6.45) is -0.490. The predicted molar refractivity (Wildman–Crippen MR) is 111 cm³/mol. The average molecular weight is 395 g/mol. The highest BCUT2D eigenvalue weighted by Gasteiger charge is 2.37. The third-order valence-corrected chi connectivity index (χ3v) is 9.92. The number of aromatic nitrogens is 1. The molecule has 2 aromatic rings. The lowest BCUT2D eigenvalue weighted by Gasteiger charge is -2.36. The molecule has 1 heterocycles. The molecule has 0 aliphatic heterocycles. The maximum Gasteiger partial charge on any atom is 0.413 e. The van der Waals surface area contributed by atoms with Crippen LogP contribution in [0, 0.1) is 0 Å². The molecule has 0 spiro atoms. The number of carbonyl (C=O) groups is 1. The molecular formula is C19H30N2O3SSi. The summed E-state index contributed by atoms with van der Waals surface area (Å²) in [5.41, 5.74) is 1.38. The van der Waals surface area contributed by atoms with E-state index in [-0.39, 0.29) is 5.04 Å². The quantitative estimate of drug-likeness (QED) is 0.630. The minimum absolute atomic E-state index is 0.159. The number of nitrogens with one attached hydrogen (secondary N) is 1. The van der Waals surface area contributed by atoms with Crippen molar-refractivity contribution in [3.05, 3.63) is 23.8 Å². The van der Waals surface area contributed by atoms with Crippen LogP contribution >= 0.6 is 11.3 Å². The molecule has 144 valence electrons. The van der Waals surface area contributed by atoms with Gasteiger partial charge in [0.05, 0.1) is 16.8 Å². The molecule has 0 saturated heterocycles. The Kier molecular flexibility index (Phi) is 5.85. The van der Waals surface area contributed by atoms with E-state index in [1.807, 2.05) is 39.0 Å². The molecule has 0 unspecified atom stereocenters. The number of nitrogens with zero attached hydrogens (tertiary/aromatic N) is 1. The number of thiazole rings is 1. The van der Waals surface area contributed by atoms with Gasteiger partial charge in [0.25, 0.3) is 0 Å². The second kappa shape index (κ2) is 7.29. The monoisotopic (exact) mass is 394 g/mol. The highest BCUT2D eigenvalue weighted by atomic mass is 32.1. The van der Waals surface area contributed by atoms with Crippen LogP contribution in [-0.4, -0.2) is 25.0 Å².